The lowest BCUT2D eigenvalue weighted by Crippen LogP contribution is -2.52. The standard InChI is InChI=1S/C16H22N6O/c1-2-17-15(23)22-8-3-5-16(22)6-9-21(10-16)14-12-4-7-18-13(12)19-11-20-14/h4,7,11H,2-3,5-6,8-10H2,1H3,(H,17,23)(H,18,19,20). The van der Waals surface area contributed by atoms with Gasteiger partial charge in [-0.3, -0.25) is 0 Å². The summed E-state index contributed by atoms with van der Waals surface area (Å²) in [5, 5.41) is 4.00. The maximum absolute atomic E-state index is 12.4. The van der Waals surface area contributed by atoms with Gasteiger partial charge in [0.05, 0.1) is 10.9 Å². The Morgan fingerprint density at radius 3 is 3.17 bits per heavy atom. The highest BCUT2D eigenvalue weighted by atomic mass is 16.2. The third kappa shape index (κ3) is 2.22. The summed E-state index contributed by atoms with van der Waals surface area (Å²) in [6.07, 6.45) is 6.65. The van der Waals surface area contributed by atoms with Gasteiger partial charge in [-0.15, -0.1) is 0 Å². The van der Waals surface area contributed by atoms with Crippen LogP contribution in [0, 0.1) is 0 Å². The summed E-state index contributed by atoms with van der Waals surface area (Å²) in [4.78, 5) is 28.6. The molecule has 0 saturated carbocycles. The number of carbonyl (C=O) groups is 1. The van der Waals surface area contributed by atoms with Gasteiger partial charge in [-0.25, -0.2) is 14.8 Å². The second-order valence-electron chi connectivity index (χ2n) is 6.42. The van der Waals surface area contributed by atoms with Gasteiger partial charge in [-0.1, -0.05) is 0 Å². The number of nitrogens with one attached hydrogen (secondary N) is 2. The molecule has 4 rings (SSSR count). The average molecular weight is 314 g/mol. The Labute approximate surface area is 135 Å². The number of amides is 2. The molecule has 2 aliphatic heterocycles. The molecule has 4 heterocycles. The van der Waals surface area contributed by atoms with Crippen LogP contribution in [0.5, 0.6) is 0 Å². The van der Waals surface area contributed by atoms with Gasteiger partial charge in [0, 0.05) is 32.4 Å². The fraction of sp³-hybridized carbons (Fsp3) is 0.562. The summed E-state index contributed by atoms with van der Waals surface area (Å²) in [5.41, 5.74) is 0.815. The highest BCUT2D eigenvalue weighted by Gasteiger charge is 2.48. The van der Waals surface area contributed by atoms with Crippen LogP contribution in [0.2, 0.25) is 0 Å². The number of rotatable bonds is 2. The summed E-state index contributed by atoms with van der Waals surface area (Å²) in [6, 6.07) is 2.09. The van der Waals surface area contributed by atoms with Gasteiger partial charge in [-0.05, 0) is 32.3 Å². The van der Waals surface area contributed by atoms with Crippen LogP contribution in [0.25, 0.3) is 11.0 Å². The van der Waals surface area contributed by atoms with Crippen LogP contribution in [-0.2, 0) is 0 Å². The van der Waals surface area contributed by atoms with Crippen molar-refractivity contribution in [3.63, 3.8) is 0 Å². The van der Waals surface area contributed by atoms with E-state index in [0.29, 0.717) is 6.54 Å². The molecule has 0 bridgehead atoms. The van der Waals surface area contributed by atoms with Crippen molar-refractivity contribution in [2.45, 2.75) is 31.7 Å². The number of hydrogen-bond donors (Lipinski definition) is 2. The van der Waals surface area contributed by atoms with Crippen LogP contribution in [0.15, 0.2) is 18.6 Å². The van der Waals surface area contributed by atoms with Gasteiger partial charge in [-0.2, -0.15) is 0 Å². The molecule has 0 radical (unpaired) electrons. The number of urea groups is 1. The molecule has 2 aromatic rings. The maximum atomic E-state index is 12.4. The van der Waals surface area contributed by atoms with Crippen molar-refractivity contribution in [1.29, 1.82) is 0 Å². The molecule has 1 atom stereocenters. The van der Waals surface area contributed by atoms with Gasteiger partial charge >= 0.3 is 6.03 Å². The number of aromatic amines is 1. The minimum Gasteiger partial charge on any atom is -0.354 e. The lowest BCUT2D eigenvalue weighted by Gasteiger charge is -2.35. The number of aromatic nitrogens is 3. The van der Waals surface area contributed by atoms with Crippen LogP contribution < -0.4 is 10.2 Å². The van der Waals surface area contributed by atoms with Gasteiger partial charge in [0.1, 0.15) is 17.8 Å². The minimum absolute atomic E-state index is 0.0488. The Balaban J connectivity index is 1.61. The van der Waals surface area contributed by atoms with E-state index in [0.717, 1.165) is 55.7 Å². The molecule has 2 aromatic heterocycles. The zero-order valence-corrected chi connectivity index (χ0v) is 13.4. The first-order valence-electron chi connectivity index (χ1n) is 8.32. The quantitative estimate of drug-likeness (QED) is 0.885. The lowest BCUT2D eigenvalue weighted by atomic mass is 9.95. The third-order valence-electron chi connectivity index (χ3n) is 5.13. The SMILES string of the molecule is CCNC(=O)N1CCCC12CCN(c1ncnc3[nH]ccc13)C2. The van der Waals surface area contributed by atoms with Crippen molar-refractivity contribution in [2.24, 2.45) is 0 Å². The molecular formula is C16H22N6O. The van der Waals surface area contributed by atoms with E-state index in [2.05, 4.69) is 25.2 Å². The van der Waals surface area contributed by atoms with Crippen LogP contribution in [0.3, 0.4) is 0 Å². The predicted molar refractivity (Wildman–Crippen MR) is 88.5 cm³/mol. The smallest absolute Gasteiger partial charge is 0.317 e. The predicted octanol–water partition coefficient (Wildman–Crippen LogP) is 1.73. The summed E-state index contributed by atoms with van der Waals surface area (Å²) >= 11 is 0. The molecule has 2 saturated heterocycles. The zero-order valence-electron chi connectivity index (χ0n) is 13.4. The fourth-order valence-electron chi connectivity index (χ4n) is 4.07. The summed E-state index contributed by atoms with van der Waals surface area (Å²) < 4.78 is 0. The van der Waals surface area contributed by atoms with Gasteiger partial charge in [0.25, 0.3) is 0 Å². The fourth-order valence-corrected chi connectivity index (χ4v) is 4.07. The van der Waals surface area contributed by atoms with Crippen molar-refractivity contribution in [2.75, 3.05) is 31.1 Å². The van der Waals surface area contributed by atoms with Gasteiger partial charge in [0.15, 0.2) is 0 Å². The second kappa shape index (κ2) is 5.40. The zero-order chi connectivity index (χ0) is 15.9. The molecule has 1 unspecified atom stereocenters. The molecule has 7 nitrogen and oxygen atoms in total. The molecule has 23 heavy (non-hydrogen) atoms. The van der Waals surface area contributed by atoms with E-state index in [-0.39, 0.29) is 11.6 Å². The molecule has 2 N–H and O–H groups in total. The number of carbonyl (C=O) groups excluding carboxylic acids is 1. The van der Waals surface area contributed by atoms with E-state index in [9.17, 15) is 4.79 Å². The number of hydrogen-bond acceptors (Lipinski definition) is 4. The average Bonchev–Trinajstić information content (AvgIpc) is 3.27. The first-order valence-corrected chi connectivity index (χ1v) is 8.32. The number of nitrogens with zero attached hydrogens (tertiary/aromatic N) is 4. The van der Waals surface area contributed by atoms with E-state index in [4.69, 9.17) is 0 Å². The number of anilines is 1. The topological polar surface area (TPSA) is 77.2 Å². The Morgan fingerprint density at radius 1 is 1.39 bits per heavy atom. The van der Waals surface area contributed by atoms with Crippen molar-refractivity contribution >= 4 is 22.9 Å². The van der Waals surface area contributed by atoms with Gasteiger partial charge in [0.2, 0.25) is 0 Å². The summed E-state index contributed by atoms with van der Waals surface area (Å²) in [5.74, 6) is 0.968. The molecule has 2 amide bonds. The Hall–Kier alpha value is -2.31. The molecule has 2 fully saturated rings. The Bertz CT molecular complexity index is 728. The van der Waals surface area contributed by atoms with Gasteiger partial charge < -0.3 is 20.1 Å². The highest BCUT2D eigenvalue weighted by molar-refractivity contribution is 5.87. The minimum atomic E-state index is -0.0488. The molecular weight excluding hydrogens is 292 g/mol. The van der Waals surface area contributed by atoms with Crippen LogP contribution in [0.1, 0.15) is 26.2 Å². The van der Waals surface area contributed by atoms with Crippen molar-refractivity contribution in [3.8, 4) is 0 Å². The Kier molecular flexibility index (Phi) is 3.36. The van der Waals surface area contributed by atoms with Crippen molar-refractivity contribution in [1.82, 2.24) is 25.2 Å². The Morgan fingerprint density at radius 2 is 2.30 bits per heavy atom. The largest absolute Gasteiger partial charge is 0.354 e. The van der Waals surface area contributed by atoms with Crippen molar-refractivity contribution in [3.05, 3.63) is 18.6 Å². The summed E-state index contributed by atoms with van der Waals surface area (Å²) in [7, 11) is 0. The third-order valence-corrected chi connectivity index (χ3v) is 5.13. The molecule has 1 spiro atoms. The van der Waals surface area contributed by atoms with E-state index in [1.165, 1.54) is 0 Å². The highest BCUT2D eigenvalue weighted by Crippen LogP contribution is 2.39. The van der Waals surface area contributed by atoms with E-state index in [1.54, 1.807) is 6.33 Å². The lowest BCUT2D eigenvalue weighted by molar-refractivity contribution is 0.157. The first-order chi connectivity index (χ1) is 11.2. The molecule has 2 aliphatic rings. The number of H-pyrrole nitrogens is 1. The first kappa shape index (κ1) is 14.3. The van der Waals surface area contributed by atoms with E-state index < -0.39 is 0 Å². The molecule has 7 heteroatoms. The maximum Gasteiger partial charge on any atom is 0.317 e. The number of fused-ring (bicyclic) bond motifs is 1. The van der Waals surface area contributed by atoms with Crippen molar-refractivity contribution < 1.29 is 4.79 Å². The molecule has 0 aromatic carbocycles. The monoisotopic (exact) mass is 314 g/mol. The van der Waals surface area contributed by atoms with Crippen LogP contribution >= 0.6 is 0 Å². The number of likely N-dealkylation sites (tertiary alicyclic amines) is 1. The van der Waals surface area contributed by atoms with E-state index >= 15 is 0 Å². The second-order valence-corrected chi connectivity index (χ2v) is 6.42. The van der Waals surface area contributed by atoms with Crippen LogP contribution in [0.4, 0.5) is 10.6 Å². The van der Waals surface area contributed by atoms with Crippen LogP contribution in [-0.4, -0.2) is 57.6 Å². The summed E-state index contributed by atoms with van der Waals surface area (Å²) in [6.45, 7) is 5.26. The molecule has 0 aliphatic carbocycles. The van der Waals surface area contributed by atoms with E-state index in [1.807, 2.05) is 24.1 Å². The molecule has 122 valence electrons. The normalized spacial score (nSPS) is 24.0.